The lowest BCUT2D eigenvalue weighted by atomic mass is 10.1. The van der Waals surface area contributed by atoms with E-state index in [1.54, 1.807) is 28.8 Å². The van der Waals surface area contributed by atoms with E-state index in [-0.39, 0.29) is 17.4 Å². The number of carbonyl (C=O) groups excluding carboxylic acids is 2. The van der Waals surface area contributed by atoms with Crippen molar-refractivity contribution in [3.05, 3.63) is 41.6 Å². The summed E-state index contributed by atoms with van der Waals surface area (Å²) in [4.78, 5) is 31.9. The largest absolute Gasteiger partial charge is 0.340 e. The minimum Gasteiger partial charge on any atom is -0.340 e. The first-order valence-electron chi connectivity index (χ1n) is 10.2. The Morgan fingerprint density at radius 3 is 2.50 bits per heavy atom. The van der Waals surface area contributed by atoms with Gasteiger partial charge in [0.05, 0.1) is 5.54 Å². The molecule has 2 amide bonds. The fraction of sp³-hybridized carbons (Fsp3) is 0.455. The highest BCUT2D eigenvalue weighted by Crippen LogP contribution is 2.33. The van der Waals surface area contributed by atoms with Crippen LogP contribution in [-0.4, -0.2) is 45.1 Å². The second kappa shape index (κ2) is 8.95. The molecule has 1 aromatic carbocycles. The van der Waals surface area contributed by atoms with Gasteiger partial charge in [0, 0.05) is 19.2 Å². The fourth-order valence-corrected chi connectivity index (χ4v) is 4.02. The van der Waals surface area contributed by atoms with Crippen LogP contribution >= 0.6 is 11.3 Å². The van der Waals surface area contributed by atoms with Gasteiger partial charge in [-0.1, -0.05) is 49.3 Å². The van der Waals surface area contributed by atoms with Crippen LogP contribution in [0.2, 0.25) is 0 Å². The summed E-state index contributed by atoms with van der Waals surface area (Å²) >= 11 is 1.28. The van der Waals surface area contributed by atoms with Crippen LogP contribution in [-0.2, 0) is 5.54 Å². The van der Waals surface area contributed by atoms with E-state index in [0.717, 1.165) is 19.3 Å². The quantitative estimate of drug-likeness (QED) is 0.551. The maximum Gasteiger partial charge on any atom is 0.275 e. The second-order valence-corrected chi connectivity index (χ2v) is 9.36. The van der Waals surface area contributed by atoms with E-state index < -0.39 is 0 Å². The molecule has 8 heteroatoms. The standard InChI is InChI=1S/C22H29N5O2S/c1-6-7-11-14-26(5)20(29)16-17-18(27(25-16)22(2,3)4)23-21(30-17)24-19(28)15-12-9-8-10-13-15/h8-10,12-13H,6-7,11,14H2,1-5H3,(H,23,24,28). The number of benzene rings is 1. The summed E-state index contributed by atoms with van der Waals surface area (Å²) in [5, 5.41) is 7.92. The first-order valence-corrected chi connectivity index (χ1v) is 11.1. The molecule has 0 aliphatic carbocycles. The summed E-state index contributed by atoms with van der Waals surface area (Å²) in [7, 11) is 1.80. The van der Waals surface area contributed by atoms with Crippen molar-refractivity contribution in [3.8, 4) is 0 Å². The van der Waals surface area contributed by atoms with Gasteiger partial charge in [-0.25, -0.2) is 4.68 Å². The van der Waals surface area contributed by atoms with E-state index in [2.05, 4.69) is 22.3 Å². The van der Waals surface area contributed by atoms with Crippen molar-refractivity contribution in [2.75, 3.05) is 18.9 Å². The first kappa shape index (κ1) is 22.0. The summed E-state index contributed by atoms with van der Waals surface area (Å²) in [5.41, 5.74) is 1.20. The highest BCUT2D eigenvalue weighted by Gasteiger charge is 2.28. The van der Waals surface area contributed by atoms with Crippen LogP contribution in [0, 0.1) is 0 Å². The molecule has 0 saturated carbocycles. The van der Waals surface area contributed by atoms with Crippen LogP contribution in [0.15, 0.2) is 30.3 Å². The molecule has 0 bridgehead atoms. The third-order valence-corrected chi connectivity index (χ3v) is 5.73. The molecule has 0 aliphatic rings. The number of hydrogen-bond donors (Lipinski definition) is 1. The second-order valence-electron chi connectivity index (χ2n) is 8.36. The fourth-order valence-electron chi connectivity index (χ4n) is 3.10. The molecule has 7 nitrogen and oxygen atoms in total. The Labute approximate surface area is 181 Å². The SMILES string of the molecule is CCCCCN(C)C(=O)c1nn(C(C)(C)C)c2nc(NC(=O)c3ccccc3)sc12. The van der Waals surface area contributed by atoms with Gasteiger partial charge in [0.25, 0.3) is 11.8 Å². The average molecular weight is 428 g/mol. The van der Waals surface area contributed by atoms with Gasteiger partial charge >= 0.3 is 0 Å². The number of hydrogen-bond acceptors (Lipinski definition) is 5. The minimum atomic E-state index is -0.355. The number of amides is 2. The van der Waals surface area contributed by atoms with E-state index in [1.165, 1.54) is 11.3 Å². The number of fused-ring (bicyclic) bond motifs is 1. The van der Waals surface area contributed by atoms with Gasteiger partial charge in [0.15, 0.2) is 16.5 Å². The lowest BCUT2D eigenvalue weighted by Crippen LogP contribution is -2.29. The van der Waals surface area contributed by atoms with E-state index >= 15 is 0 Å². The molecule has 2 aromatic heterocycles. The smallest absolute Gasteiger partial charge is 0.275 e. The number of unbranched alkanes of at least 4 members (excludes halogenated alkanes) is 2. The Morgan fingerprint density at radius 2 is 1.87 bits per heavy atom. The van der Waals surface area contributed by atoms with Gasteiger partial charge < -0.3 is 4.90 Å². The van der Waals surface area contributed by atoms with Crippen LogP contribution in [0.1, 0.15) is 67.8 Å². The highest BCUT2D eigenvalue weighted by atomic mass is 32.1. The van der Waals surface area contributed by atoms with E-state index in [0.29, 0.717) is 33.3 Å². The molecule has 1 N–H and O–H groups in total. The first-order chi connectivity index (χ1) is 14.2. The summed E-state index contributed by atoms with van der Waals surface area (Å²) in [6, 6.07) is 8.99. The number of thiazole rings is 1. The lowest BCUT2D eigenvalue weighted by molar-refractivity contribution is 0.0787. The molecule has 3 aromatic rings. The normalized spacial score (nSPS) is 11.6. The Hall–Kier alpha value is -2.74. The summed E-state index contributed by atoms with van der Waals surface area (Å²) < 4.78 is 2.46. The Kier molecular flexibility index (Phi) is 6.55. The van der Waals surface area contributed by atoms with Crippen molar-refractivity contribution in [1.82, 2.24) is 19.7 Å². The number of rotatable bonds is 7. The molecule has 30 heavy (non-hydrogen) atoms. The van der Waals surface area contributed by atoms with E-state index in [4.69, 9.17) is 0 Å². The summed E-state index contributed by atoms with van der Waals surface area (Å²) in [6.07, 6.45) is 3.15. The average Bonchev–Trinajstić information content (AvgIpc) is 3.26. The maximum atomic E-state index is 13.1. The minimum absolute atomic E-state index is 0.122. The molecular weight excluding hydrogens is 398 g/mol. The maximum absolute atomic E-state index is 13.1. The lowest BCUT2D eigenvalue weighted by Gasteiger charge is -2.19. The zero-order valence-corrected chi connectivity index (χ0v) is 19.0. The van der Waals surface area contributed by atoms with Crippen LogP contribution < -0.4 is 5.32 Å². The van der Waals surface area contributed by atoms with Crippen molar-refractivity contribution < 1.29 is 9.59 Å². The van der Waals surface area contributed by atoms with Crippen molar-refractivity contribution in [2.45, 2.75) is 52.5 Å². The number of anilines is 1. The molecule has 2 heterocycles. The van der Waals surface area contributed by atoms with Gasteiger partial charge in [-0.15, -0.1) is 0 Å². The van der Waals surface area contributed by atoms with Gasteiger partial charge in [-0.05, 0) is 39.3 Å². The van der Waals surface area contributed by atoms with Gasteiger partial charge in [-0.3, -0.25) is 14.9 Å². The zero-order valence-electron chi connectivity index (χ0n) is 18.2. The third-order valence-electron chi connectivity index (χ3n) is 4.76. The van der Waals surface area contributed by atoms with E-state index in [1.807, 2.05) is 39.0 Å². The van der Waals surface area contributed by atoms with Crippen LogP contribution in [0.25, 0.3) is 10.3 Å². The van der Waals surface area contributed by atoms with Crippen LogP contribution in [0.4, 0.5) is 5.13 Å². The molecule has 0 radical (unpaired) electrons. The molecule has 160 valence electrons. The predicted molar refractivity (Wildman–Crippen MR) is 121 cm³/mol. The predicted octanol–water partition coefficient (Wildman–Crippen LogP) is 4.76. The molecule has 3 rings (SSSR count). The molecule has 0 aliphatic heterocycles. The molecule has 0 spiro atoms. The third kappa shape index (κ3) is 4.70. The number of nitrogens with one attached hydrogen (secondary N) is 1. The highest BCUT2D eigenvalue weighted by molar-refractivity contribution is 7.22. The topological polar surface area (TPSA) is 80.1 Å². The molecule has 0 unspecified atom stereocenters. The summed E-state index contributed by atoms with van der Waals surface area (Å²) in [5.74, 6) is -0.351. The zero-order chi connectivity index (χ0) is 21.9. The molecule has 0 saturated heterocycles. The number of aromatic nitrogens is 3. The van der Waals surface area contributed by atoms with Gasteiger partial charge in [0.2, 0.25) is 0 Å². The van der Waals surface area contributed by atoms with Gasteiger partial charge in [-0.2, -0.15) is 10.1 Å². The van der Waals surface area contributed by atoms with Crippen LogP contribution in [0.5, 0.6) is 0 Å². The molecule has 0 fully saturated rings. The molecular formula is C22H29N5O2S. The summed E-state index contributed by atoms with van der Waals surface area (Å²) in [6.45, 7) is 8.87. The van der Waals surface area contributed by atoms with Crippen molar-refractivity contribution in [2.24, 2.45) is 0 Å². The van der Waals surface area contributed by atoms with Gasteiger partial charge in [0.1, 0.15) is 4.70 Å². The number of nitrogens with zero attached hydrogens (tertiary/aromatic N) is 4. The Bertz CT molecular complexity index is 1030. The number of carbonyl (C=O) groups is 2. The monoisotopic (exact) mass is 427 g/mol. The van der Waals surface area contributed by atoms with E-state index in [9.17, 15) is 9.59 Å². The van der Waals surface area contributed by atoms with Crippen molar-refractivity contribution in [1.29, 1.82) is 0 Å². The van der Waals surface area contributed by atoms with Crippen molar-refractivity contribution >= 4 is 38.6 Å². The Balaban J connectivity index is 1.94. The molecule has 0 atom stereocenters. The van der Waals surface area contributed by atoms with Crippen molar-refractivity contribution in [3.63, 3.8) is 0 Å². The van der Waals surface area contributed by atoms with Crippen LogP contribution in [0.3, 0.4) is 0 Å². The Morgan fingerprint density at radius 1 is 1.17 bits per heavy atom.